The Morgan fingerprint density at radius 1 is 1.00 bits per heavy atom. The third-order valence-electron chi connectivity index (χ3n) is 4.67. The molecule has 28 heavy (non-hydrogen) atoms. The van der Waals surface area contributed by atoms with Gasteiger partial charge in [0.1, 0.15) is 5.75 Å². The normalized spacial score (nSPS) is 13.8. The molecule has 0 atom stereocenters. The van der Waals surface area contributed by atoms with E-state index in [-0.39, 0.29) is 12.6 Å². The lowest BCUT2D eigenvalue weighted by atomic mass is 10.2. The van der Waals surface area contributed by atoms with Gasteiger partial charge in [0.2, 0.25) is 0 Å². The number of ether oxygens (including phenoxy) is 2. The van der Waals surface area contributed by atoms with Gasteiger partial charge in [0.25, 0.3) is 0 Å². The van der Waals surface area contributed by atoms with Gasteiger partial charge >= 0.3 is 12.0 Å². The molecule has 0 bridgehead atoms. The lowest BCUT2D eigenvalue weighted by Gasteiger charge is -2.36. The molecule has 0 aliphatic carbocycles. The van der Waals surface area contributed by atoms with Crippen LogP contribution in [0.5, 0.6) is 5.75 Å². The van der Waals surface area contributed by atoms with Crippen molar-refractivity contribution in [2.45, 2.75) is 6.92 Å². The number of nitrogens with one attached hydrogen (secondary N) is 1. The fourth-order valence-electron chi connectivity index (χ4n) is 3.13. The summed E-state index contributed by atoms with van der Waals surface area (Å²) in [5.74, 6) is 0.379. The predicted octanol–water partition coefficient (Wildman–Crippen LogP) is 3.23. The molecule has 0 spiro atoms. The number of carbonyl (C=O) groups excluding carboxylic acids is 2. The standard InChI is InChI=1S/C21H25N3O4/c1-3-28-20(25)18-6-4-5-7-19(18)22-21(26)24-14-12-23(13-15-24)16-8-10-17(27-2)11-9-16/h4-11H,3,12-15H2,1-2H3,(H,22,26). The highest BCUT2D eigenvalue weighted by Gasteiger charge is 2.23. The molecule has 148 valence electrons. The van der Waals surface area contributed by atoms with Crippen LogP contribution in [0, 0.1) is 0 Å². The number of urea groups is 1. The van der Waals surface area contributed by atoms with Crippen LogP contribution in [0.3, 0.4) is 0 Å². The van der Waals surface area contributed by atoms with Crippen LogP contribution in [0.4, 0.5) is 16.2 Å². The molecule has 1 heterocycles. The van der Waals surface area contributed by atoms with Gasteiger partial charge in [0, 0.05) is 31.9 Å². The molecule has 3 rings (SSSR count). The van der Waals surface area contributed by atoms with Crippen molar-refractivity contribution in [3.05, 3.63) is 54.1 Å². The number of nitrogens with zero attached hydrogens (tertiary/aromatic N) is 2. The summed E-state index contributed by atoms with van der Waals surface area (Å²) in [5, 5.41) is 2.84. The summed E-state index contributed by atoms with van der Waals surface area (Å²) in [6, 6.07) is 14.6. The van der Waals surface area contributed by atoms with Crippen molar-refractivity contribution in [2.24, 2.45) is 0 Å². The zero-order valence-corrected chi connectivity index (χ0v) is 16.2. The van der Waals surface area contributed by atoms with Gasteiger partial charge in [-0.2, -0.15) is 0 Å². The Morgan fingerprint density at radius 3 is 2.32 bits per heavy atom. The van der Waals surface area contributed by atoms with Gasteiger partial charge in [-0.1, -0.05) is 12.1 Å². The first-order valence-electron chi connectivity index (χ1n) is 9.33. The molecule has 0 radical (unpaired) electrons. The van der Waals surface area contributed by atoms with E-state index >= 15 is 0 Å². The zero-order valence-electron chi connectivity index (χ0n) is 16.2. The topological polar surface area (TPSA) is 71.1 Å². The van der Waals surface area contributed by atoms with E-state index < -0.39 is 5.97 Å². The van der Waals surface area contributed by atoms with Crippen LogP contribution in [-0.4, -0.2) is 56.8 Å². The predicted molar refractivity (Wildman–Crippen MR) is 108 cm³/mol. The van der Waals surface area contributed by atoms with Gasteiger partial charge in [-0.15, -0.1) is 0 Å². The fourth-order valence-corrected chi connectivity index (χ4v) is 3.13. The summed E-state index contributed by atoms with van der Waals surface area (Å²) in [7, 11) is 1.65. The molecule has 2 amide bonds. The first-order valence-corrected chi connectivity index (χ1v) is 9.33. The number of carbonyl (C=O) groups is 2. The molecule has 1 N–H and O–H groups in total. The third kappa shape index (κ3) is 4.54. The smallest absolute Gasteiger partial charge is 0.340 e. The quantitative estimate of drug-likeness (QED) is 0.803. The maximum atomic E-state index is 12.7. The Kier molecular flexibility index (Phi) is 6.37. The number of esters is 1. The first kappa shape index (κ1) is 19.5. The molecule has 0 unspecified atom stereocenters. The van der Waals surface area contributed by atoms with Crippen molar-refractivity contribution in [1.29, 1.82) is 0 Å². The van der Waals surface area contributed by atoms with Gasteiger partial charge < -0.3 is 24.6 Å². The minimum Gasteiger partial charge on any atom is -0.497 e. The number of benzene rings is 2. The average Bonchev–Trinajstić information content (AvgIpc) is 2.74. The maximum absolute atomic E-state index is 12.7. The molecule has 7 heteroatoms. The van der Waals surface area contributed by atoms with Crippen LogP contribution in [-0.2, 0) is 4.74 Å². The van der Waals surface area contributed by atoms with Crippen molar-refractivity contribution in [1.82, 2.24) is 4.90 Å². The molecular weight excluding hydrogens is 358 g/mol. The van der Waals surface area contributed by atoms with E-state index in [1.54, 1.807) is 43.2 Å². The van der Waals surface area contributed by atoms with Crippen molar-refractivity contribution >= 4 is 23.4 Å². The summed E-state index contributed by atoms with van der Waals surface area (Å²) < 4.78 is 10.2. The molecule has 1 fully saturated rings. The van der Waals surface area contributed by atoms with Crippen LogP contribution in [0.1, 0.15) is 17.3 Å². The average molecular weight is 383 g/mol. The van der Waals surface area contributed by atoms with Gasteiger partial charge in [-0.25, -0.2) is 9.59 Å². The second kappa shape index (κ2) is 9.12. The highest BCUT2D eigenvalue weighted by atomic mass is 16.5. The van der Waals surface area contributed by atoms with E-state index in [9.17, 15) is 9.59 Å². The SMILES string of the molecule is CCOC(=O)c1ccccc1NC(=O)N1CCN(c2ccc(OC)cc2)CC1. The van der Waals surface area contributed by atoms with Crippen molar-refractivity contribution in [3.8, 4) is 5.75 Å². The van der Waals surface area contributed by atoms with E-state index in [1.807, 2.05) is 24.3 Å². The second-order valence-corrected chi connectivity index (χ2v) is 6.37. The number of methoxy groups -OCH3 is 1. The number of anilines is 2. The molecule has 0 aromatic heterocycles. The highest BCUT2D eigenvalue weighted by Crippen LogP contribution is 2.21. The van der Waals surface area contributed by atoms with E-state index in [2.05, 4.69) is 10.2 Å². The lowest BCUT2D eigenvalue weighted by molar-refractivity contribution is 0.0527. The van der Waals surface area contributed by atoms with Gasteiger partial charge in [0.15, 0.2) is 0 Å². The molecular formula is C21H25N3O4. The summed E-state index contributed by atoms with van der Waals surface area (Å²) in [4.78, 5) is 28.7. The minimum atomic E-state index is -0.442. The zero-order chi connectivity index (χ0) is 19.9. The van der Waals surface area contributed by atoms with Gasteiger partial charge in [-0.05, 0) is 43.3 Å². The summed E-state index contributed by atoms with van der Waals surface area (Å²) in [6.45, 7) is 4.70. The summed E-state index contributed by atoms with van der Waals surface area (Å²) in [6.07, 6.45) is 0. The van der Waals surface area contributed by atoms with E-state index in [1.165, 1.54) is 0 Å². The number of hydrogen-bond donors (Lipinski definition) is 1. The number of piperazine rings is 1. The molecule has 2 aromatic rings. The molecule has 7 nitrogen and oxygen atoms in total. The van der Waals surface area contributed by atoms with Crippen LogP contribution < -0.4 is 15.0 Å². The van der Waals surface area contributed by atoms with Gasteiger partial charge in [-0.3, -0.25) is 0 Å². The Labute approximate surface area is 164 Å². The van der Waals surface area contributed by atoms with Crippen molar-refractivity contribution < 1.29 is 19.1 Å². The molecule has 1 aliphatic heterocycles. The van der Waals surface area contributed by atoms with Crippen molar-refractivity contribution in [3.63, 3.8) is 0 Å². The third-order valence-corrected chi connectivity index (χ3v) is 4.67. The minimum absolute atomic E-state index is 0.217. The largest absolute Gasteiger partial charge is 0.497 e. The molecule has 2 aromatic carbocycles. The molecule has 0 saturated carbocycles. The van der Waals surface area contributed by atoms with E-state index in [4.69, 9.17) is 9.47 Å². The number of amides is 2. The van der Waals surface area contributed by atoms with Crippen LogP contribution >= 0.6 is 0 Å². The molecule has 1 aliphatic rings. The summed E-state index contributed by atoms with van der Waals surface area (Å²) >= 11 is 0. The number of para-hydroxylation sites is 1. The Hall–Kier alpha value is -3.22. The highest BCUT2D eigenvalue weighted by molar-refractivity contribution is 6.00. The fraction of sp³-hybridized carbons (Fsp3) is 0.333. The number of hydrogen-bond acceptors (Lipinski definition) is 5. The maximum Gasteiger partial charge on any atom is 0.340 e. The number of rotatable bonds is 5. The second-order valence-electron chi connectivity index (χ2n) is 6.37. The van der Waals surface area contributed by atoms with Crippen LogP contribution in [0.2, 0.25) is 0 Å². The Bertz CT molecular complexity index is 815. The lowest BCUT2D eigenvalue weighted by Crippen LogP contribution is -2.50. The van der Waals surface area contributed by atoms with Crippen molar-refractivity contribution in [2.75, 3.05) is 50.1 Å². The van der Waals surface area contributed by atoms with Gasteiger partial charge in [0.05, 0.1) is 25.0 Å². The van der Waals surface area contributed by atoms with E-state index in [0.29, 0.717) is 24.3 Å². The van der Waals surface area contributed by atoms with E-state index in [0.717, 1.165) is 24.5 Å². The Morgan fingerprint density at radius 2 is 1.68 bits per heavy atom. The van der Waals surface area contributed by atoms with Crippen LogP contribution in [0.15, 0.2) is 48.5 Å². The summed E-state index contributed by atoms with van der Waals surface area (Å²) in [5.41, 5.74) is 1.92. The first-order chi connectivity index (χ1) is 13.6. The van der Waals surface area contributed by atoms with Crippen LogP contribution in [0.25, 0.3) is 0 Å². The Balaban J connectivity index is 1.59. The molecule has 1 saturated heterocycles. The monoisotopic (exact) mass is 383 g/mol.